The van der Waals surface area contributed by atoms with E-state index >= 15 is 0 Å². The average molecular weight is 566 g/mol. The van der Waals surface area contributed by atoms with Gasteiger partial charge in [0.15, 0.2) is 0 Å². The molecular weight excluding hydrogens is 526 g/mol. The van der Waals surface area contributed by atoms with E-state index in [1.54, 1.807) is 43.3 Å². The first-order valence-corrected chi connectivity index (χ1v) is 14.8. The van der Waals surface area contributed by atoms with E-state index in [1.807, 2.05) is 52.0 Å². The molecule has 0 bridgehead atoms. The zero-order valence-corrected chi connectivity index (χ0v) is 24.9. The first-order valence-electron chi connectivity index (χ1n) is 13.3. The zero-order chi connectivity index (χ0) is 29.4. The quantitative estimate of drug-likeness (QED) is 0.339. The van der Waals surface area contributed by atoms with Crippen LogP contribution in [0.5, 0.6) is 5.75 Å². The van der Waals surface area contributed by atoms with Gasteiger partial charge in [-0.15, -0.1) is 0 Å². The van der Waals surface area contributed by atoms with Gasteiger partial charge in [0, 0.05) is 18.7 Å². The first kappa shape index (κ1) is 30.7. The summed E-state index contributed by atoms with van der Waals surface area (Å²) in [6, 6.07) is 19.8. The molecule has 0 heterocycles. The Hall–Kier alpha value is -3.85. The molecule has 0 aromatic heterocycles. The van der Waals surface area contributed by atoms with Crippen molar-refractivity contribution in [1.29, 1.82) is 0 Å². The summed E-state index contributed by atoms with van der Waals surface area (Å²) in [6.45, 7) is 9.00. The highest BCUT2D eigenvalue weighted by molar-refractivity contribution is 7.92. The fraction of sp³-hybridized carbons (Fsp3) is 0.355. The van der Waals surface area contributed by atoms with Crippen LogP contribution in [0.3, 0.4) is 0 Å². The SMILES string of the molecule is CCC(C)NC(=O)C(C)N(Cc1ccc(C)cc1)C(=O)CN(c1cccc(OC)c1)S(=O)(=O)c1ccc(C)cc1. The largest absolute Gasteiger partial charge is 0.497 e. The van der Waals surface area contributed by atoms with Gasteiger partial charge in [-0.1, -0.05) is 60.5 Å². The van der Waals surface area contributed by atoms with E-state index in [-0.39, 0.29) is 29.1 Å². The Kier molecular flexibility index (Phi) is 10.3. The monoisotopic (exact) mass is 565 g/mol. The van der Waals surface area contributed by atoms with Crippen molar-refractivity contribution >= 4 is 27.5 Å². The van der Waals surface area contributed by atoms with Crippen molar-refractivity contribution in [3.8, 4) is 5.75 Å². The maximum absolute atomic E-state index is 14.0. The van der Waals surface area contributed by atoms with Gasteiger partial charge in [0.05, 0.1) is 17.7 Å². The maximum Gasteiger partial charge on any atom is 0.264 e. The molecule has 2 atom stereocenters. The Morgan fingerprint density at radius 3 is 2.10 bits per heavy atom. The molecule has 3 aromatic carbocycles. The highest BCUT2D eigenvalue weighted by Crippen LogP contribution is 2.28. The second-order valence-electron chi connectivity index (χ2n) is 10.0. The second kappa shape index (κ2) is 13.5. The molecule has 0 saturated carbocycles. The summed E-state index contributed by atoms with van der Waals surface area (Å²) in [4.78, 5) is 28.6. The molecule has 0 saturated heterocycles. The van der Waals surface area contributed by atoms with Crippen molar-refractivity contribution in [3.05, 3.63) is 89.5 Å². The molecule has 8 nitrogen and oxygen atoms in total. The van der Waals surface area contributed by atoms with Crippen LogP contribution in [0.25, 0.3) is 0 Å². The minimum atomic E-state index is -4.14. The van der Waals surface area contributed by atoms with E-state index in [2.05, 4.69) is 5.32 Å². The topological polar surface area (TPSA) is 96.0 Å². The number of nitrogens with zero attached hydrogens (tertiary/aromatic N) is 2. The van der Waals surface area contributed by atoms with Crippen LogP contribution >= 0.6 is 0 Å². The van der Waals surface area contributed by atoms with Crippen LogP contribution in [0.4, 0.5) is 5.69 Å². The van der Waals surface area contributed by atoms with Crippen LogP contribution in [0, 0.1) is 13.8 Å². The van der Waals surface area contributed by atoms with Gasteiger partial charge in [0.25, 0.3) is 10.0 Å². The minimum Gasteiger partial charge on any atom is -0.497 e. The van der Waals surface area contributed by atoms with Crippen LogP contribution in [0.2, 0.25) is 0 Å². The van der Waals surface area contributed by atoms with Gasteiger partial charge in [-0.05, 0) is 63.9 Å². The van der Waals surface area contributed by atoms with Gasteiger partial charge in [0.1, 0.15) is 18.3 Å². The molecule has 1 N–H and O–H groups in total. The average Bonchev–Trinajstić information content (AvgIpc) is 2.95. The number of ether oxygens (including phenoxy) is 1. The predicted molar refractivity (Wildman–Crippen MR) is 158 cm³/mol. The van der Waals surface area contributed by atoms with Crippen molar-refractivity contribution in [2.45, 2.75) is 64.6 Å². The molecule has 0 aliphatic carbocycles. The summed E-state index contributed by atoms with van der Waals surface area (Å²) >= 11 is 0. The number of anilines is 1. The lowest BCUT2D eigenvalue weighted by Gasteiger charge is -2.32. The van der Waals surface area contributed by atoms with Gasteiger partial charge in [-0.2, -0.15) is 0 Å². The van der Waals surface area contributed by atoms with Crippen molar-refractivity contribution in [2.75, 3.05) is 18.0 Å². The normalized spacial score (nSPS) is 12.8. The van der Waals surface area contributed by atoms with Gasteiger partial charge in [0.2, 0.25) is 11.8 Å². The molecule has 3 aromatic rings. The number of hydrogen-bond donors (Lipinski definition) is 1. The standard InChI is InChI=1S/C31H39N3O5S/c1-7-24(4)32-31(36)25(5)33(20-26-15-11-22(2)12-16-26)30(35)21-34(27-9-8-10-28(19-27)39-6)40(37,38)29-17-13-23(3)14-18-29/h8-19,24-25H,7,20-21H2,1-6H3,(H,32,36). The van der Waals surface area contributed by atoms with Crippen molar-refractivity contribution in [2.24, 2.45) is 0 Å². The molecule has 3 rings (SSSR count). The Morgan fingerprint density at radius 1 is 0.925 bits per heavy atom. The van der Waals surface area contributed by atoms with Crippen LogP contribution in [-0.4, -0.2) is 50.9 Å². The third-order valence-electron chi connectivity index (χ3n) is 6.87. The lowest BCUT2D eigenvalue weighted by Crippen LogP contribution is -2.52. The van der Waals surface area contributed by atoms with Crippen LogP contribution in [0.1, 0.15) is 43.9 Å². The lowest BCUT2D eigenvalue weighted by atomic mass is 10.1. The number of benzene rings is 3. The summed E-state index contributed by atoms with van der Waals surface area (Å²) < 4.78 is 34.2. The minimum absolute atomic E-state index is 0.0568. The molecule has 0 fully saturated rings. The number of carbonyl (C=O) groups excluding carboxylic acids is 2. The number of rotatable bonds is 12. The Labute approximate surface area is 238 Å². The van der Waals surface area contributed by atoms with E-state index < -0.39 is 28.5 Å². The van der Waals surface area contributed by atoms with Crippen molar-refractivity contribution in [1.82, 2.24) is 10.2 Å². The third-order valence-corrected chi connectivity index (χ3v) is 8.66. The summed E-state index contributed by atoms with van der Waals surface area (Å²) in [7, 11) is -2.65. The van der Waals surface area contributed by atoms with E-state index in [9.17, 15) is 18.0 Å². The molecular formula is C31H39N3O5S. The summed E-state index contributed by atoms with van der Waals surface area (Å²) in [5, 5.41) is 2.94. The lowest BCUT2D eigenvalue weighted by molar-refractivity contribution is -0.139. The number of carbonyl (C=O) groups is 2. The Morgan fingerprint density at radius 2 is 1.52 bits per heavy atom. The van der Waals surface area contributed by atoms with Crippen LogP contribution in [0.15, 0.2) is 77.7 Å². The number of sulfonamides is 1. The highest BCUT2D eigenvalue weighted by atomic mass is 32.2. The molecule has 9 heteroatoms. The molecule has 0 aliphatic rings. The predicted octanol–water partition coefficient (Wildman–Crippen LogP) is 4.84. The summed E-state index contributed by atoms with van der Waals surface area (Å²) in [5.74, 6) is -0.359. The molecule has 2 amide bonds. The van der Waals surface area contributed by atoms with Gasteiger partial charge in [-0.3, -0.25) is 13.9 Å². The van der Waals surface area contributed by atoms with Gasteiger partial charge in [-0.25, -0.2) is 8.42 Å². The van der Waals surface area contributed by atoms with Gasteiger partial charge >= 0.3 is 0 Å². The molecule has 0 spiro atoms. The van der Waals surface area contributed by atoms with Crippen LogP contribution in [-0.2, 0) is 26.2 Å². The zero-order valence-electron chi connectivity index (χ0n) is 24.0. The highest BCUT2D eigenvalue weighted by Gasteiger charge is 2.33. The first-order chi connectivity index (χ1) is 19.0. The Bertz CT molecular complexity index is 1410. The number of amides is 2. The second-order valence-corrected chi connectivity index (χ2v) is 11.9. The van der Waals surface area contributed by atoms with E-state index in [0.717, 1.165) is 27.4 Å². The van der Waals surface area contributed by atoms with Crippen molar-refractivity contribution < 1.29 is 22.7 Å². The fourth-order valence-corrected chi connectivity index (χ4v) is 5.48. The number of hydrogen-bond acceptors (Lipinski definition) is 5. The molecule has 2 unspecified atom stereocenters. The molecule has 214 valence electrons. The summed E-state index contributed by atoms with van der Waals surface area (Å²) in [6.07, 6.45) is 0.739. The number of aryl methyl sites for hydroxylation is 2. The third kappa shape index (κ3) is 7.63. The van der Waals surface area contributed by atoms with E-state index in [0.29, 0.717) is 5.75 Å². The number of methoxy groups -OCH3 is 1. The Balaban J connectivity index is 2.04. The summed E-state index contributed by atoms with van der Waals surface area (Å²) in [5.41, 5.74) is 3.09. The number of nitrogens with one attached hydrogen (secondary N) is 1. The van der Waals surface area contributed by atoms with Gasteiger partial charge < -0.3 is 15.0 Å². The van der Waals surface area contributed by atoms with E-state index in [4.69, 9.17) is 4.74 Å². The fourth-order valence-electron chi connectivity index (χ4n) is 4.07. The van der Waals surface area contributed by atoms with Crippen LogP contribution < -0.4 is 14.4 Å². The maximum atomic E-state index is 14.0. The molecule has 40 heavy (non-hydrogen) atoms. The smallest absolute Gasteiger partial charge is 0.264 e. The van der Waals surface area contributed by atoms with Crippen molar-refractivity contribution in [3.63, 3.8) is 0 Å². The van der Waals surface area contributed by atoms with E-state index in [1.165, 1.54) is 24.1 Å². The molecule has 0 radical (unpaired) electrons. The molecule has 0 aliphatic heterocycles.